The number of phenolic OH excluding ortho intramolecular Hbond substituents is 1. The number of nitrogens with one attached hydrogen (secondary N) is 1. The van der Waals surface area contributed by atoms with Crippen molar-refractivity contribution in [3.05, 3.63) is 53.7 Å². The first-order valence-corrected chi connectivity index (χ1v) is 6.24. The Bertz CT molecular complexity index is 565. The van der Waals surface area contributed by atoms with E-state index in [2.05, 4.69) is 17.2 Å². The summed E-state index contributed by atoms with van der Waals surface area (Å²) in [6.45, 7) is 2.11. The number of aryl methyl sites for hydroxylation is 1. The summed E-state index contributed by atoms with van der Waals surface area (Å²) in [5, 5.41) is 11.9. The molecule has 0 aliphatic heterocycles. The maximum Gasteiger partial charge on any atom is 0.256 e. The van der Waals surface area contributed by atoms with Gasteiger partial charge in [0, 0.05) is 11.8 Å². The number of aromatic nitrogens is 1. The van der Waals surface area contributed by atoms with E-state index in [9.17, 15) is 9.90 Å². The van der Waals surface area contributed by atoms with Gasteiger partial charge in [0.15, 0.2) is 0 Å². The summed E-state index contributed by atoms with van der Waals surface area (Å²) in [7, 11) is 0. The Morgan fingerprint density at radius 2 is 2.00 bits per heavy atom. The number of carbonyl (C=O) groups excluding carboxylic acids is 1. The summed E-state index contributed by atoms with van der Waals surface area (Å²) in [6.07, 6.45) is 3.71. The van der Waals surface area contributed by atoms with Crippen LogP contribution >= 0.6 is 0 Å². The van der Waals surface area contributed by atoms with Crippen LogP contribution in [0.15, 0.2) is 42.6 Å². The smallest absolute Gasteiger partial charge is 0.256 e. The highest BCUT2D eigenvalue weighted by molar-refractivity contribution is 6.03. The minimum Gasteiger partial charge on any atom is -0.508 e. The molecule has 0 spiro atoms. The fourth-order valence-corrected chi connectivity index (χ4v) is 1.79. The third-order valence-corrected chi connectivity index (χ3v) is 2.73. The first kappa shape index (κ1) is 13.1. The van der Waals surface area contributed by atoms with E-state index in [0.717, 1.165) is 18.4 Å². The van der Waals surface area contributed by atoms with Crippen molar-refractivity contribution < 1.29 is 9.90 Å². The third kappa shape index (κ3) is 3.55. The van der Waals surface area contributed by atoms with Crippen molar-refractivity contribution >= 4 is 11.7 Å². The molecule has 19 heavy (non-hydrogen) atoms. The molecular weight excluding hydrogens is 240 g/mol. The van der Waals surface area contributed by atoms with Crippen molar-refractivity contribution in [3.63, 3.8) is 0 Å². The maximum absolute atomic E-state index is 12.0. The average Bonchev–Trinajstić information content (AvgIpc) is 2.40. The number of hydrogen-bond acceptors (Lipinski definition) is 3. The highest BCUT2D eigenvalue weighted by atomic mass is 16.3. The highest BCUT2D eigenvalue weighted by Gasteiger charge is 2.07. The van der Waals surface area contributed by atoms with E-state index < -0.39 is 0 Å². The molecule has 0 radical (unpaired) electrons. The zero-order valence-corrected chi connectivity index (χ0v) is 10.8. The fraction of sp³-hybridized carbons (Fsp3) is 0.200. The molecular formula is C15H16N2O2. The van der Waals surface area contributed by atoms with Gasteiger partial charge in [-0.3, -0.25) is 4.79 Å². The molecule has 2 rings (SSSR count). The Labute approximate surface area is 112 Å². The van der Waals surface area contributed by atoms with Gasteiger partial charge in [-0.05, 0) is 48.4 Å². The van der Waals surface area contributed by atoms with Crippen LogP contribution in [0.25, 0.3) is 0 Å². The van der Waals surface area contributed by atoms with E-state index in [1.165, 1.54) is 12.1 Å². The number of carbonyl (C=O) groups is 1. The van der Waals surface area contributed by atoms with Crippen LogP contribution in [-0.4, -0.2) is 16.0 Å². The maximum atomic E-state index is 12.0. The summed E-state index contributed by atoms with van der Waals surface area (Å²) in [5.74, 6) is 0.449. The van der Waals surface area contributed by atoms with Crippen LogP contribution in [0.4, 0.5) is 5.82 Å². The van der Waals surface area contributed by atoms with Gasteiger partial charge in [0.05, 0.1) is 0 Å². The fourth-order valence-electron chi connectivity index (χ4n) is 1.79. The first-order chi connectivity index (χ1) is 9.19. The molecule has 1 aromatic carbocycles. The number of phenols is 1. The van der Waals surface area contributed by atoms with E-state index in [-0.39, 0.29) is 11.7 Å². The van der Waals surface area contributed by atoms with Crippen LogP contribution < -0.4 is 5.32 Å². The van der Waals surface area contributed by atoms with Gasteiger partial charge in [0.2, 0.25) is 0 Å². The molecule has 0 aliphatic rings. The molecule has 2 N–H and O–H groups in total. The number of pyridine rings is 1. The minimum atomic E-state index is -0.235. The van der Waals surface area contributed by atoms with Gasteiger partial charge >= 0.3 is 0 Å². The van der Waals surface area contributed by atoms with Crippen molar-refractivity contribution in [2.75, 3.05) is 5.32 Å². The molecule has 1 aromatic heterocycles. The monoisotopic (exact) mass is 256 g/mol. The van der Waals surface area contributed by atoms with Crippen molar-refractivity contribution in [3.8, 4) is 5.75 Å². The lowest BCUT2D eigenvalue weighted by Gasteiger charge is -2.06. The van der Waals surface area contributed by atoms with E-state index in [0.29, 0.717) is 11.4 Å². The van der Waals surface area contributed by atoms with E-state index in [1.54, 1.807) is 18.3 Å². The second-order valence-electron chi connectivity index (χ2n) is 4.30. The van der Waals surface area contributed by atoms with Gasteiger partial charge in [-0.25, -0.2) is 4.98 Å². The molecule has 0 atom stereocenters. The molecule has 4 heteroatoms. The molecule has 1 heterocycles. The molecule has 4 nitrogen and oxygen atoms in total. The zero-order chi connectivity index (χ0) is 13.7. The van der Waals surface area contributed by atoms with Crippen LogP contribution in [0.1, 0.15) is 29.3 Å². The predicted octanol–water partition coefficient (Wildman–Crippen LogP) is 2.99. The minimum absolute atomic E-state index is 0.139. The van der Waals surface area contributed by atoms with Crippen LogP contribution in [0.2, 0.25) is 0 Å². The Morgan fingerprint density at radius 1 is 1.26 bits per heavy atom. The van der Waals surface area contributed by atoms with Gasteiger partial charge in [0.1, 0.15) is 11.6 Å². The van der Waals surface area contributed by atoms with E-state index in [4.69, 9.17) is 0 Å². The number of anilines is 1. The van der Waals surface area contributed by atoms with Gasteiger partial charge in [-0.1, -0.05) is 13.3 Å². The summed E-state index contributed by atoms with van der Waals surface area (Å²) >= 11 is 0. The highest BCUT2D eigenvalue weighted by Crippen LogP contribution is 2.13. The van der Waals surface area contributed by atoms with Gasteiger partial charge < -0.3 is 10.4 Å². The number of benzene rings is 1. The molecule has 1 amide bonds. The van der Waals surface area contributed by atoms with Crippen molar-refractivity contribution in [2.45, 2.75) is 19.8 Å². The molecule has 0 bridgehead atoms. The quantitative estimate of drug-likeness (QED) is 0.884. The lowest BCUT2D eigenvalue weighted by atomic mass is 10.1. The summed E-state index contributed by atoms with van der Waals surface area (Å²) in [5.41, 5.74) is 1.64. The number of aromatic hydroxyl groups is 1. The summed E-state index contributed by atoms with van der Waals surface area (Å²) in [6, 6.07) is 9.92. The number of hydrogen-bond donors (Lipinski definition) is 2. The second kappa shape index (κ2) is 6.00. The summed E-state index contributed by atoms with van der Waals surface area (Å²) in [4.78, 5) is 16.1. The SMILES string of the molecule is CCCc1ccnc(NC(=O)c2ccc(O)cc2)c1. The Hall–Kier alpha value is -2.36. The van der Waals surface area contributed by atoms with Crippen molar-refractivity contribution in [2.24, 2.45) is 0 Å². The molecule has 0 aliphatic carbocycles. The Morgan fingerprint density at radius 3 is 2.68 bits per heavy atom. The Kier molecular flexibility index (Phi) is 4.13. The number of nitrogens with zero attached hydrogens (tertiary/aromatic N) is 1. The Balaban J connectivity index is 2.10. The molecule has 0 fully saturated rings. The largest absolute Gasteiger partial charge is 0.508 e. The molecule has 0 saturated carbocycles. The lowest BCUT2D eigenvalue weighted by Crippen LogP contribution is -2.12. The zero-order valence-electron chi connectivity index (χ0n) is 10.8. The van der Waals surface area contributed by atoms with Crippen LogP contribution in [0, 0.1) is 0 Å². The molecule has 2 aromatic rings. The third-order valence-electron chi connectivity index (χ3n) is 2.73. The van der Waals surface area contributed by atoms with Crippen molar-refractivity contribution in [1.29, 1.82) is 0 Å². The van der Waals surface area contributed by atoms with Crippen LogP contribution in [-0.2, 0) is 6.42 Å². The van der Waals surface area contributed by atoms with Gasteiger partial charge in [-0.15, -0.1) is 0 Å². The normalized spacial score (nSPS) is 10.2. The van der Waals surface area contributed by atoms with E-state index >= 15 is 0 Å². The van der Waals surface area contributed by atoms with E-state index in [1.807, 2.05) is 12.1 Å². The second-order valence-corrected chi connectivity index (χ2v) is 4.30. The predicted molar refractivity (Wildman–Crippen MR) is 74.3 cm³/mol. The number of amides is 1. The summed E-state index contributed by atoms with van der Waals surface area (Å²) < 4.78 is 0. The van der Waals surface area contributed by atoms with Crippen molar-refractivity contribution in [1.82, 2.24) is 4.98 Å². The van der Waals surface area contributed by atoms with Crippen LogP contribution in [0.3, 0.4) is 0 Å². The standard InChI is InChI=1S/C15H16N2O2/c1-2-3-11-8-9-16-14(10-11)17-15(19)12-4-6-13(18)7-5-12/h4-10,18H,2-3H2,1H3,(H,16,17,19). The topological polar surface area (TPSA) is 62.2 Å². The number of rotatable bonds is 4. The molecule has 98 valence electrons. The van der Waals surface area contributed by atoms with Crippen LogP contribution in [0.5, 0.6) is 5.75 Å². The first-order valence-electron chi connectivity index (χ1n) is 6.24. The molecule has 0 unspecified atom stereocenters. The lowest BCUT2D eigenvalue weighted by molar-refractivity contribution is 0.102. The van der Waals surface area contributed by atoms with Gasteiger partial charge in [-0.2, -0.15) is 0 Å². The average molecular weight is 256 g/mol. The molecule has 0 saturated heterocycles. The van der Waals surface area contributed by atoms with Gasteiger partial charge in [0.25, 0.3) is 5.91 Å².